The minimum atomic E-state index is -2.92. The number of hydrogen-bond donors (Lipinski definition) is 2. The summed E-state index contributed by atoms with van der Waals surface area (Å²) in [5.41, 5.74) is 6.77. The van der Waals surface area contributed by atoms with Crippen LogP contribution in [0.4, 0.5) is 8.78 Å². The van der Waals surface area contributed by atoms with Crippen LogP contribution in [0.5, 0.6) is 0 Å². The normalized spacial score (nSPS) is 21.0. The zero-order chi connectivity index (χ0) is 47.6. The Bertz CT molecular complexity index is 2510. The van der Waals surface area contributed by atoms with Crippen molar-refractivity contribution >= 4 is 40.5 Å². The van der Waals surface area contributed by atoms with Gasteiger partial charge in [0.05, 0.1) is 35.5 Å². The van der Waals surface area contributed by atoms with Gasteiger partial charge in [-0.3, -0.25) is 38.5 Å². The van der Waals surface area contributed by atoms with E-state index >= 15 is 8.78 Å². The zero-order valence-corrected chi connectivity index (χ0v) is 38.8. The number of carbonyl (C=O) groups is 5. The highest BCUT2D eigenvalue weighted by Crippen LogP contribution is 2.44. The van der Waals surface area contributed by atoms with Crippen molar-refractivity contribution < 1.29 is 42.2 Å². The predicted molar refractivity (Wildman–Crippen MR) is 246 cm³/mol. The Morgan fingerprint density at radius 2 is 1.80 bits per heavy atom. The first-order chi connectivity index (χ1) is 31.4. The lowest BCUT2D eigenvalue weighted by Crippen LogP contribution is -2.62. The molecule has 2 aromatic carbocycles. The number of likely N-dealkylation sites (N-methyl/N-ethyl adjacent to an activating group) is 1. The van der Waals surface area contributed by atoms with E-state index in [1.807, 2.05) is 65.0 Å². The number of benzene rings is 2. The molecule has 352 valence electrons. The number of likely N-dealkylation sites (tertiary alicyclic amines) is 1. The highest BCUT2D eigenvalue weighted by molar-refractivity contribution is 5.96. The lowest BCUT2D eigenvalue weighted by atomic mass is 9.84. The van der Waals surface area contributed by atoms with Crippen molar-refractivity contribution in [2.75, 3.05) is 40.4 Å². The van der Waals surface area contributed by atoms with E-state index in [2.05, 4.69) is 22.3 Å². The number of cyclic esters (lactones) is 1. The molecule has 2 fully saturated rings. The van der Waals surface area contributed by atoms with E-state index in [0.717, 1.165) is 15.7 Å². The summed E-state index contributed by atoms with van der Waals surface area (Å²) < 4.78 is 43.7. The zero-order valence-electron chi connectivity index (χ0n) is 38.8. The molecule has 4 amide bonds. The van der Waals surface area contributed by atoms with Crippen molar-refractivity contribution in [1.29, 1.82) is 0 Å². The first kappa shape index (κ1) is 47.9. The Labute approximate surface area is 384 Å². The monoisotopic (exact) mass is 909 g/mol. The lowest BCUT2D eigenvalue weighted by Gasteiger charge is -2.37. The van der Waals surface area contributed by atoms with E-state index in [9.17, 15) is 24.0 Å². The molecule has 2 aromatic heterocycles. The van der Waals surface area contributed by atoms with Gasteiger partial charge in [-0.15, -0.1) is 0 Å². The van der Waals surface area contributed by atoms with Crippen molar-refractivity contribution in [3.8, 4) is 22.4 Å². The Morgan fingerprint density at radius 1 is 1.05 bits per heavy atom. The summed E-state index contributed by atoms with van der Waals surface area (Å²) in [4.78, 5) is 76.7. The molecular formula is C50H61F2N7O7. The summed E-state index contributed by atoms with van der Waals surface area (Å²) in [5, 5.41) is 4.95. The third-order valence-corrected chi connectivity index (χ3v) is 13.1. The van der Waals surface area contributed by atoms with Crippen LogP contribution in [0.3, 0.4) is 0 Å². The number of nitrogens with zero attached hydrogens (tertiary/aromatic N) is 5. The third kappa shape index (κ3) is 9.90. The number of ether oxygens (including phenoxy) is 2. The molecule has 6 bridgehead atoms. The van der Waals surface area contributed by atoms with E-state index in [4.69, 9.17) is 9.47 Å². The summed E-state index contributed by atoms with van der Waals surface area (Å²) in [6, 6.07) is 13.4. The Hall–Kier alpha value is -6.00. The summed E-state index contributed by atoms with van der Waals surface area (Å²) in [6.07, 6.45) is 3.92. The van der Waals surface area contributed by atoms with Gasteiger partial charge in [0.15, 0.2) is 0 Å². The Kier molecular flexibility index (Phi) is 14.4. The van der Waals surface area contributed by atoms with Crippen LogP contribution in [0.25, 0.3) is 33.3 Å². The average Bonchev–Trinajstić information content (AvgIpc) is 3.92. The third-order valence-electron chi connectivity index (χ3n) is 13.1. The molecule has 5 heterocycles. The van der Waals surface area contributed by atoms with Crippen LogP contribution in [0.2, 0.25) is 0 Å². The summed E-state index contributed by atoms with van der Waals surface area (Å²) >= 11 is 0. The molecule has 0 saturated carbocycles. The highest BCUT2D eigenvalue weighted by atomic mass is 19.3. The van der Waals surface area contributed by atoms with E-state index in [0.29, 0.717) is 64.8 Å². The number of hydrazine groups is 1. The number of carbonyl (C=O) groups excluding carboxylic acids is 5. The molecule has 4 aromatic rings. The largest absolute Gasteiger partial charge is 0.464 e. The molecule has 16 heteroatoms. The topological polar surface area (TPSA) is 155 Å². The minimum Gasteiger partial charge on any atom is -0.464 e. The molecular weight excluding hydrogens is 849 g/mol. The van der Waals surface area contributed by atoms with E-state index < -0.39 is 59.9 Å². The second kappa shape index (κ2) is 19.8. The molecule has 1 unspecified atom stereocenters. The van der Waals surface area contributed by atoms with E-state index in [1.165, 1.54) is 16.0 Å². The van der Waals surface area contributed by atoms with Crippen LogP contribution in [-0.2, 0) is 46.3 Å². The number of hydrogen-bond acceptors (Lipinski definition) is 9. The summed E-state index contributed by atoms with van der Waals surface area (Å²) in [6.45, 7) is 10.8. The molecule has 3 aliphatic heterocycles. The van der Waals surface area contributed by atoms with Crippen molar-refractivity contribution in [1.82, 2.24) is 35.1 Å². The molecule has 2 N–H and O–H groups in total. The molecule has 14 nitrogen and oxygen atoms in total. The number of methoxy groups -OCH3 is 1. The number of esters is 1. The van der Waals surface area contributed by atoms with Crippen LogP contribution in [0.1, 0.15) is 83.4 Å². The van der Waals surface area contributed by atoms with Crippen LogP contribution >= 0.6 is 0 Å². The van der Waals surface area contributed by atoms with Gasteiger partial charge in [-0.1, -0.05) is 64.6 Å². The molecule has 2 saturated heterocycles. The second-order valence-corrected chi connectivity index (χ2v) is 18.9. The highest BCUT2D eigenvalue weighted by Gasteiger charge is 2.40. The predicted octanol–water partition coefficient (Wildman–Crippen LogP) is 6.64. The number of pyridine rings is 1. The van der Waals surface area contributed by atoms with Crippen LogP contribution in [-0.4, -0.2) is 112 Å². The fraction of sp³-hybridized carbons (Fsp3) is 0.480. The SMILES string of the molecule is C=CC(=O)N1CC[C@H](C(=O)N(C)C(C(=O)N[C@H]2Cc3cccc(c3)-c3ccc4c(c3)c(c(-c3cccnc3[C@H](C)OC)n4C(F)F)CC(C)(C)COC(=O)[C@@H]3CCCN(N3)C2=O)C(C)C)C1. The van der Waals surface area contributed by atoms with Gasteiger partial charge in [0, 0.05) is 62.8 Å². The first-order valence-electron chi connectivity index (χ1n) is 22.7. The van der Waals surface area contributed by atoms with Crippen molar-refractivity contribution in [2.45, 2.75) is 97.5 Å². The van der Waals surface area contributed by atoms with Crippen LogP contribution in [0.15, 0.2) is 73.4 Å². The van der Waals surface area contributed by atoms with Crippen LogP contribution in [0, 0.1) is 17.3 Å². The molecule has 0 aliphatic carbocycles. The maximum atomic E-state index is 15.5. The molecule has 3 aliphatic rings. The Balaban J connectivity index is 1.30. The lowest BCUT2D eigenvalue weighted by molar-refractivity contribution is -0.155. The van der Waals surface area contributed by atoms with Gasteiger partial charge in [-0.2, -0.15) is 8.78 Å². The van der Waals surface area contributed by atoms with Crippen LogP contribution < -0.4 is 10.7 Å². The maximum absolute atomic E-state index is 15.5. The number of amides is 4. The van der Waals surface area contributed by atoms with Gasteiger partial charge in [-0.25, -0.2) is 5.43 Å². The minimum absolute atomic E-state index is 0.0461. The van der Waals surface area contributed by atoms with E-state index in [-0.39, 0.29) is 50.3 Å². The fourth-order valence-electron chi connectivity index (χ4n) is 9.70. The smallest absolute Gasteiger partial charge is 0.324 e. The van der Waals surface area contributed by atoms with Gasteiger partial charge in [0.2, 0.25) is 17.7 Å². The Morgan fingerprint density at radius 3 is 2.52 bits per heavy atom. The average molecular weight is 910 g/mol. The van der Waals surface area contributed by atoms with Crippen molar-refractivity contribution in [2.24, 2.45) is 17.3 Å². The van der Waals surface area contributed by atoms with Crippen molar-refractivity contribution in [3.63, 3.8) is 0 Å². The standard InChI is InChI=1S/C50H61F2N7O7/c1-9-41(60)57-22-19-34(27-57)46(62)56(7)43(29(2)3)45(61)54-39-24-31-13-10-14-32(23-31)33-17-18-40-36(25-33)37(44(59(40)49(51)52)35-15-11-20-53-42(35)30(4)65-8)26-50(5,6)28-66-48(64)38-16-12-21-58(55-38)47(39)63/h9-11,13-15,17-18,20,23,25,29-30,34,38-39,43,49,55H,1,12,16,19,21-22,24,26-28H2,2-8H3,(H,54,61)/t30-,34-,38-,39-,43?/m0/s1. The molecule has 66 heavy (non-hydrogen) atoms. The molecule has 0 radical (unpaired) electrons. The fourth-order valence-corrected chi connectivity index (χ4v) is 9.70. The van der Waals surface area contributed by atoms with Gasteiger partial charge < -0.3 is 24.6 Å². The number of aromatic nitrogens is 2. The molecule has 7 rings (SSSR count). The summed E-state index contributed by atoms with van der Waals surface area (Å²) in [5.74, 6) is -2.97. The molecule has 5 atom stereocenters. The maximum Gasteiger partial charge on any atom is 0.324 e. The van der Waals surface area contributed by atoms with Gasteiger partial charge in [0.1, 0.15) is 18.1 Å². The van der Waals surface area contributed by atoms with Gasteiger partial charge in [0.25, 0.3) is 5.91 Å². The first-order valence-corrected chi connectivity index (χ1v) is 22.7. The van der Waals surface area contributed by atoms with E-state index in [1.54, 1.807) is 49.5 Å². The number of rotatable bonds is 10. The summed E-state index contributed by atoms with van der Waals surface area (Å²) in [7, 11) is 3.11. The molecule has 0 spiro atoms. The second-order valence-electron chi connectivity index (χ2n) is 18.9. The number of fused-ring (bicyclic) bond motifs is 6. The number of nitrogens with one attached hydrogen (secondary N) is 2. The van der Waals surface area contributed by atoms with Crippen molar-refractivity contribution in [3.05, 3.63) is 90.3 Å². The van der Waals surface area contributed by atoms with Gasteiger partial charge >= 0.3 is 12.5 Å². The quantitative estimate of drug-likeness (QED) is 0.132. The number of halogens is 2. The van der Waals surface area contributed by atoms with Gasteiger partial charge in [-0.05, 0) is 91.1 Å². The number of alkyl halides is 2.